The van der Waals surface area contributed by atoms with E-state index >= 15 is 0 Å². The van der Waals surface area contributed by atoms with Crippen molar-refractivity contribution >= 4 is 0 Å². The molecule has 34 heavy (non-hydrogen) atoms. The maximum absolute atomic E-state index is 13.4. The van der Waals surface area contributed by atoms with Crippen molar-refractivity contribution in [1.29, 1.82) is 0 Å². The zero-order chi connectivity index (χ0) is 23.8. The Morgan fingerprint density at radius 1 is 0.735 bits per heavy atom. The smallest absolute Gasteiger partial charge is 0.123 e. The second-order valence-electron chi connectivity index (χ2n) is 9.29. The molecule has 4 rings (SSSR count). The Morgan fingerprint density at radius 2 is 1.26 bits per heavy atom. The molecule has 3 aromatic rings. The Bertz CT molecular complexity index is 941. The molecule has 0 amide bonds. The molecule has 1 atom stereocenters. The van der Waals surface area contributed by atoms with Crippen LogP contribution in [-0.4, -0.2) is 55.7 Å². The molecular weight excluding hydrogens is 430 g/mol. The Hall–Kier alpha value is -2.60. The number of rotatable bonds is 10. The minimum atomic E-state index is -0.346. The van der Waals surface area contributed by atoms with E-state index in [4.69, 9.17) is 4.74 Å². The molecule has 0 aliphatic carbocycles. The molecule has 0 N–H and O–H groups in total. The van der Waals surface area contributed by atoms with Crippen molar-refractivity contribution in [2.45, 2.75) is 19.4 Å². The van der Waals surface area contributed by atoms with Crippen molar-refractivity contribution in [3.8, 4) is 0 Å². The highest BCUT2D eigenvalue weighted by molar-refractivity contribution is 5.30. The van der Waals surface area contributed by atoms with Gasteiger partial charge < -0.3 is 9.64 Å². The monoisotopic (exact) mass is 464 g/mol. The van der Waals surface area contributed by atoms with Crippen molar-refractivity contribution in [3.63, 3.8) is 0 Å². The van der Waals surface area contributed by atoms with E-state index < -0.39 is 0 Å². The molecule has 0 radical (unpaired) electrons. The molecule has 1 heterocycles. The molecule has 1 fully saturated rings. The van der Waals surface area contributed by atoms with Gasteiger partial charge in [0.15, 0.2) is 0 Å². The maximum atomic E-state index is 13.4. The summed E-state index contributed by atoms with van der Waals surface area (Å²) in [5.41, 5.74) is 3.14. The third-order valence-corrected chi connectivity index (χ3v) is 6.50. The Balaban J connectivity index is 1.24. The van der Waals surface area contributed by atoms with Gasteiger partial charge in [-0.15, -0.1) is 0 Å². The number of hydrogen-bond acceptors (Lipinski definition) is 3. The third kappa shape index (κ3) is 7.20. The van der Waals surface area contributed by atoms with Gasteiger partial charge in [0.1, 0.15) is 17.7 Å². The lowest BCUT2D eigenvalue weighted by molar-refractivity contribution is 0.0433. The Morgan fingerprint density at radius 3 is 1.82 bits per heavy atom. The first-order valence-corrected chi connectivity index (χ1v) is 12.2. The average Bonchev–Trinajstić information content (AvgIpc) is 2.85. The summed E-state index contributed by atoms with van der Waals surface area (Å²) in [5.74, 6) is 0.0691. The van der Waals surface area contributed by atoms with E-state index in [0.29, 0.717) is 12.5 Å². The summed E-state index contributed by atoms with van der Waals surface area (Å²) >= 11 is 0. The van der Waals surface area contributed by atoms with Crippen molar-refractivity contribution in [1.82, 2.24) is 9.80 Å². The van der Waals surface area contributed by atoms with Crippen LogP contribution in [0.15, 0.2) is 78.9 Å². The quantitative estimate of drug-likeness (QED) is 0.390. The molecular formula is C29H34F2N2O. The van der Waals surface area contributed by atoms with Crippen LogP contribution in [0.25, 0.3) is 0 Å². The fraction of sp³-hybridized carbons (Fsp3) is 0.379. The molecule has 0 unspecified atom stereocenters. The summed E-state index contributed by atoms with van der Waals surface area (Å²) in [6.07, 6.45) is 0.768. The predicted octanol–water partition coefficient (Wildman–Crippen LogP) is 5.57. The van der Waals surface area contributed by atoms with E-state index in [2.05, 4.69) is 47.1 Å². The van der Waals surface area contributed by atoms with Crippen LogP contribution >= 0.6 is 0 Å². The van der Waals surface area contributed by atoms with Crippen LogP contribution in [-0.2, 0) is 11.2 Å². The van der Waals surface area contributed by atoms with Crippen LogP contribution in [0, 0.1) is 17.6 Å². The van der Waals surface area contributed by atoms with Gasteiger partial charge in [-0.25, -0.2) is 8.78 Å². The number of halogens is 2. The third-order valence-electron chi connectivity index (χ3n) is 6.50. The van der Waals surface area contributed by atoms with E-state index in [1.165, 1.54) is 29.8 Å². The molecule has 0 saturated carbocycles. The zero-order valence-electron chi connectivity index (χ0n) is 19.9. The molecule has 1 aliphatic rings. The highest BCUT2D eigenvalue weighted by Gasteiger charge is 2.20. The lowest BCUT2D eigenvalue weighted by Crippen LogP contribution is -2.48. The number of nitrogens with zero attached hydrogens (tertiary/aromatic N) is 2. The van der Waals surface area contributed by atoms with Crippen molar-refractivity contribution in [3.05, 3.63) is 107 Å². The average molecular weight is 465 g/mol. The van der Waals surface area contributed by atoms with Crippen LogP contribution in [0.1, 0.15) is 29.7 Å². The second-order valence-corrected chi connectivity index (χ2v) is 9.29. The van der Waals surface area contributed by atoms with E-state index in [-0.39, 0.29) is 17.7 Å². The lowest BCUT2D eigenvalue weighted by atomic mass is 10.0. The molecule has 1 aliphatic heterocycles. The van der Waals surface area contributed by atoms with Gasteiger partial charge in [0.05, 0.1) is 6.61 Å². The fourth-order valence-electron chi connectivity index (χ4n) is 4.68. The van der Waals surface area contributed by atoms with Gasteiger partial charge in [0, 0.05) is 39.3 Å². The summed E-state index contributed by atoms with van der Waals surface area (Å²) in [6, 6.07) is 23.4. The van der Waals surface area contributed by atoms with Gasteiger partial charge >= 0.3 is 0 Å². The first-order valence-electron chi connectivity index (χ1n) is 12.2. The molecule has 3 nitrogen and oxygen atoms in total. The molecule has 180 valence electrons. The highest BCUT2D eigenvalue weighted by atomic mass is 19.1. The first-order chi connectivity index (χ1) is 16.6. The second kappa shape index (κ2) is 12.2. The van der Waals surface area contributed by atoms with Crippen molar-refractivity contribution in [2.75, 3.05) is 45.9 Å². The topological polar surface area (TPSA) is 15.7 Å². The van der Waals surface area contributed by atoms with Gasteiger partial charge in [-0.2, -0.15) is 0 Å². The van der Waals surface area contributed by atoms with Gasteiger partial charge in [-0.05, 0) is 53.3 Å². The predicted molar refractivity (Wildman–Crippen MR) is 133 cm³/mol. The minimum absolute atomic E-state index is 0.280. The summed E-state index contributed by atoms with van der Waals surface area (Å²) in [7, 11) is 0. The van der Waals surface area contributed by atoms with E-state index in [9.17, 15) is 8.78 Å². The normalized spacial score (nSPS) is 16.1. The van der Waals surface area contributed by atoms with E-state index in [1.807, 2.05) is 0 Å². The van der Waals surface area contributed by atoms with Crippen LogP contribution < -0.4 is 0 Å². The molecule has 0 aromatic heterocycles. The summed E-state index contributed by atoms with van der Waals surface area (Å²) in [4.78, 5) is 5.00. The molecule has 1 saturated heterocycles. The lowest BCUT2D eigenvalue weighted by Gasteiger charge is -2.36. The van der Waals surface area contributed by atoms with Crippen LogP contribution in [0.5, 0.6) is 0 Å². The van der Waals surface area contributed by atoms with E-state index in [0.717, 1.165) is 56.8 Å². The Labute approximate surface area is 202 Å². The number of piperazine rings is 1. The summed E-state index contributed by atoms with van der Waals surface area (Å²) in [6.45, 7) is 9.04. The number of hydrogen-bond donors (Lipinski definition) is 0. The van der Waals surface area contributed by atoms with Gasteiger partial charge in [-0.1, -0.05) is 61.5 Å². The summed E-state index contributed by atoms with van der Waals surface area (Å²) in [5, 5.41) is 0. The standard InChI is InChI=1S/C29H34F2N2O/c1-23(21-24-5-3-2-4-6-24)22-33-17-15-32(16-18-33)19-20-34-29(25-7-11-27(30)12-8-25)26-9-13-28(31)14-10-26/h2-14,23,29H,15-22H2,1H3/t23-/m1/s1. The van der Waals surface area contributed by atoms with Crippen LogP contribution in [0.4, 0.5) is 8.78 Å². The fourth-order valence-corrected chi connectivity index (χ4v) is 4.68. The van der Waals surface area contributed by atoms with Gasteiger partial charge in [-0.3, -0.25) is 4.90 Å². The summed E-state index contributed by atoms with van der Waals surface area (Å²) < 4.78 is 33.1. The first kappa shape index (κ1) is 24.5. The number of benzene rings is 3. The molecule has 3 aromatic carbocycles. The minimum Gasteiger partial charge on any atom is -0.367 e. The SMILES string of the molecule is C[C@H](Cc1ccccc1)CN1CCN(CCOC(c2ccc(F)cc2)c2ccc(F)cc2)CC1. The highest BCUT2D eigenvalue weighted by Crippen LogP contribution is 2.26. The van der Waals surface area contributed by atoms with Crippen LogP contribution in [0.3, 0.4) is 0 Å². The number of ether oxygens (including phenoxy) is 1. The van der Waals surface area contributed by atoms with Crippen LogP contribution in [0.2, 0.25) is 0 Å². The van der Waals surface area contributed by atoms with Crippen molar-refractivity contribution < 1.29 is 13.5 Å². The maximum Gasteiger partial charge on any atom is 0.123 e. The molecule has 0 spiro atoms. The zero-order valence-corrected chi connectivity index (χ0v) is 19.9. The van der Waals surface area contributed by atoms with E-state index in [1.54, 1.807) is 24.3 Å². The van der Waals surface area contributed by atoms with Gasteiger partial charge in [0.2, 0.25) is 0 Å². The van der Waals surface area contributed by atoms with Crippen molar-refractivity contribution in [2.24, 2.45) is 5.92 Å². The van der Waals surface area contributed by atoms with Gasteiger partial charge in [0.25, 0.3) is 0 Å². The Kier molecular flexibility index (Phi) is 8.80. The molecule has 0 bridgehead atoms. The largest absolute Gasteiger partial charge is 0.367 e. The molecule has 5 heteroatoms.